The number of carbonyl (C=O) groups is 3. The molecule has 0 spiro atoms. The number of nitrogens with one attached hydrogen (secondary N) is 3. The highest BCUT2D eigenvalue weighted by atomic mass is 16.5. The number of hydrogen-bond donors (Lipinski definition) is 3. The van der Waals surface area contributed by atoms with Crippen molar-refractivity contribution in [1.29, 1.82) is 0 Å². The van der Waals surface area contributed by atoms with Crippen LogP contribution in [0.2, 0.25) is 0 Å². The molecule has 0 aliphatic rings. The van der Waals surface area contributed by atoms with Gasteiger partial charge in [-0.3, -0.25) is 9.59 Å². The van der Waals surface area contributed by atoms with E-state index >= 15 is 0 Å². The van der Waals surface area contributed by atoms with Crippen LogP contribution in [0.5, 0.6) is 11.6 Å². The number of aromatic amines is 1. The van der Waals surface area contributed by atoms with Gasteiger partial charge in [-0.15, -0.1) is 0 Å². The van der Waals surface area contributed by atoms with Crippen molar-refractivity contribution in [2.24, 2.45) is 0 Å². The molecule has 0 fully saturated rings. The summed E-state index contributed by atoms with van der Waals surface area (Å²) >= 11 is 0. The zero-order chi connectivity index (χ0) is 26.1. The number of fused-ring (bicyclic) bond motifs is 1. The molecule has 9 heteroatoms. The molecule has 0 bridgehead atoms. The SMILES string of the molecule is COc1ccc2[nH]c(C)c(CC(=O)N[C@@H](CCCCCC(C)=O)C(=O)Nc3ccc(OC)nc3)c2c1. The summed E-state index contributed by atoms with van der Waals surface area (Å²) in [5.74, 6) is 0.723. The minimum absolute atomic E-state index is 0.122. The van der Waals surface area contributed by atoms with Gasteiger partial charge in [-0.25, -0.2) is 4.98 Å². The molecule has 2 amide bonds. The van der Waals surface area contributed by atoms with E-state index in [4.69, 9.17) is 9.47 Å². The molecule has 3 rings (SSSR count). The molecule has 1 aromatic carbocycles. The van der Waals surface area contributed by atoms with Crippen LogP contribution in [0.15, 0.2) is 36.5 Å². The summed E-state index contributed by atoms with van der Waals surface area (Å²) in [7, 11) is 3.12. The highest BCUT2D eigenvalue weighted by Crippen LogP contribution is 2.27. The van der Waals surface area contributed by atoms with Crippen LogP contribution in [-0.2, 0) is 20.8 Å². The van der Waals surface area contributed by atoms with Gasteiger partial charge in [0.2, 0.25) is 17.7 Å². The number of nitrogens with zero attached hydrogens (tertiary/aromatic N) is 1. The van der Waals surface area contributed by atoms with Gasteiger partial charge < -0.3 is 29.9 Å². The number of anilines is 1. The van der Waals surface area contributed by atoms with E-state index in [9.17, 15) is 14.4 Å². The standard InChI is InChI=1S/C27H34N4O5/c1-17(32)8-6-5-7-9-24(27(34)30-19-10-13-26(36-4)28-16-19)31-25(33)15-21-18(2)29-23-12-11-20(35-3)14-22(21)23/h10-14,16,24,29H,5-9,15H2,1-4H3,(H,30,34)(H,31,33)/t24-/m0/s1. The lowest BCUT2D eigenvalue weighted by Crippen LogP contribution is -2.44. The van der Waals surface area contributed by atoms with Gasteiger partial charge in [0.25, 0.3) is 0 Å². The normalized spacial score (nSPS) is 11.7. The Hall–Kier alpha value is -3.88. The second-order valence-corrected chi connectivity index (χ2v) is 8.82. The van der Waals surface area contributed by atoms with Crippen molar-refractivity contribution < 1.29 is 23.9 Å². The second-order valence-electron chi connectivity index (χ2n) is 8.82. The van der Waals surface area contributed by atoms with Gasteiger partial charge in [0, 0.05) is 29.1 Å². The Morgan fingerprint density at radius 3 is 2.53 bits per heavy atom. The highest BCUT2D eigenvalue weighted by molar-refractivity contribution is 5.98. The Balaban J connectivity index is 1.70. The third kappa shape index (κ3) is 7.31. The Labute approximate surface area is 211 Å². The van der Waals surface area contributed by atoms with E-state index in [-0.39, 0.29) is 24.0 Å². The topological polar surface area (TPSA) is 122 Å². The third-order valence-corrected chi connectivity index (χ3v) is 6.05. The number of amides is 2. The summed E-state index contributed by atoms with van der Waals surface area (Å²) in [5, 5.41) is 6.65. The van der Waals surface area contributed by atoms with Gasteiger partial charge in [-0.1, -0.05) is 12.8 Å². The van der Waals surface area contributed by atoms with Crippen molar-refractivity contribution in [3.63, 3.8) is 0 Å². The second kappa shape index (κ2) is 12.7. The van der Waals surface area contributed by atoms with Gasteiger partial charge in [0.05, 0.1) is 32.5 Å². The van der Waals surface area contributed by atoms with E-state index in [0.29, 0.717) is 36.6 Å². The maximum Gasteiger partial charge on any atom is 0.246 e. The number of ether oxygens (including phenoxy) is 2. The fraction of sp³-hybridized carbons (Fsp3) is 0.407. The lowest BCUT2D eigenvalue weighted by Gasteiger charge is -2.19. The summed E-state index contributed by atoms with van der Waals surface area (Å²) < 4.78 is 10.4. The lowest BCUT2D eigenvalue weighted by molar-refractivity contribution is -0.126. The Morgan fingerprint density at radius 1 is 1.06 bits per heavy atom. The molecule has 36 heavy (non-hydrogen) atoms. The zero-order valence-electron chi connectivity index (χ0n) is 21.3. The monoisotopic (exact) mass is 494 g/mol. The summed E-state index contributed by atoms with van der Waals surface area (Å²) in [4.78, 5) is 44.8. The molecule has 192 valence electrons. The van der Waals surface area contributed by atoms with E-state index in [1.54, 1.807) is 26.2 Å². The van der Waals surface area contributed by atoms with Crippen LogP contribution in [0.25, 0.3) is 10.9 Å². The molecule has 0 aliphatic heterocycles. The van der Waals surface area contributed by atoms with E-state index in [2.05, 4.69) is 20.6 Å². The van der Waals surface area contributed by atoms with E-state index in [1.807, 2.05) is 25.1 Å². The Kier molecular flexibility index (Phi) is 9.44. The molecule has 0 radical (unpaired) electrons. The van der Waals surface area contributed by atoms with Crippen LogP contribution in [0.3, 0.4) is 0 Å². The van der Waals surface area contributed by atoms with Crippen molar-refractivity contribution in [2.75, 3.05) is 19.5 Å². The molecule has 0 unspecified atom stereocenters. The van der Waals surface area contributed by atoms with Crippen LogP contribution in [0.4, 0.5) is 5.69 Å². The van der Waals surface area contributed by atoms with Crippen LogP contribution in [-0.4, -0.2) is 47.8 Å². The fourth-order valence-corrected chi connectivity index (χ4v) is 4.09. The third-order valence-electron chi connectivity index (χ3n) is 6.05. The minimum Gasteiger partial charge on any atom is -0.497 e. The van der Waals surface area contributed by atoms with Crippen LogP contribution in [0, 0.1) is 6.92 Å². The number of methoxy groups -OCH3 is 2. The number of carbonyl (C=O) groups excluding carboxylic acids is 3. The summed E-state index contributed by atoms with van der Waals surface area (Å²) in [6.07, 6.45) is 4.86. The highest BCUT2D eigenvalue weighted by Gasteiger charge is 2.22. The summed E-state index contributed by atoms with van der Waals surface area (Å²) in [6, 6.07) is 8.30. The van der Waals surface area contributed by atoms with Crippen molar-refractivity contribution in [3.05, 3.63) is 47.8 Å². The van der Waals surface area contributed by atoms with Crippen LogP contribution in [0.1, 0.15) is 50.3 Å². The lowest BCUT2D eigenvalue weighted by atomic mass is 10.0. The number of unbranched alkanes of at least 4 members (excludes halogenated alkanes) is 2. The summed E-state index contributed by atoms with van der Waals surface area (Å²) in [6.45, 7) is 3.49. The van der Waals surface area contributed by atoms with E-state index in [0.717, 1.165) is 35.0 Å². The molecule has 0 saturated carbocycles. The Morgan fingerprint density at radius 2 is 1.86 bits per heavy atom. The molecule has 0 saturated heterocycles. The molecule has 2 heterocycles. The molecule has 9 nitrogen and oxygen atoms in total. The predicted octanol–water partition coefficient (Wildman–Crippen LogP) is 4.09. The number of aromatic nitrogens is 2. The maximum atomic E-state index is 13.1. The fourth-order valence-electron chi connectivity index (χ4n) is 4.09. The molecule has 3 aromatic rings. The van der Waals surface area contributed by atoms with Crippen molar-refractivity contribution in [1.82, 2.24) is 15.3 Å². The van der Waals surface area contributed by atoms with Gasteiger partial charge in [-0.05, 0) is 56.5 Å². The van der Waals surface area contributed by atoms with E-state index < -0.39 is 6.04 Å². The Bertz CT molecular complexity index is 1200. The number of Topliss-reactive ketones (excluding diaryl/α,β-unsaturated/α-hetero) is 1. The molecular weight excluding hydrogens is 460 g/mol. The van der Waals surface area contributed by atoms with Gasteiger partial charge >= 0.3 is 0 Å². The average Bonchev–Trinajstić information content (AvgIpc) is 3.17. The quantitative estimate of drug-likeness (QED) is 0.308. The number of rotatable bonds is 13. The van der Waals surface area contributed by atoms with Gasteiger partial charge in [0.1, 0.15) is 17.6 Å². The number of benzene rings is 1. The molecule has 1 atom stereocenters. The van der Waals surface area contributed by atoms with Crippen LogP contribution < -0.4 is 20.1 Å². The maximum absolute atomic E-state index is 13.1. The molecule has 2 aromatic heterocycles. The number of H-pyrrole nitrogens is 1. The average molecular weight is 495 g/mol. The van der Waals surface area contributed by atoms with Crippen LogP contribution >= 0.6 is 0 Å². The number of aryl methyl sites for hydroxylation is 1. The van der Waals surface area contributed by atoms with Crippen molar-refractivity contribution in [3.8, 4) is 11.6 Å². The first-order valence-corrected chi connectivity index (χ1v) is 12.1. The van der Waals surface area contributed by atoms with Crippen molar-refractivity contribution >= 4 is 34.2 Å². The molecular formula is C27H34N4O5. The summed E-state index contributed by atoms with van der Waals surface area (Å²) in [5.41, 5.74) is 3.18. The molecule has 3 N–H and O–H groups in total. The number of hydrogen-bond acceptors (Lipinski definition) is 6. The smallest absolute Gasteiger partial charge is 0.246 e. The van der Waals surface area contributed by atoms with Crippen molar-refractivity contribution in [2.45, 2.75) is 58.4 Å². The predicted molar refractivity (Wildman–Crippen MR) is 138 cm³/mol. The first-order valence-electron chi connectivity index (χ1n) is 12.1. The first kappa shape index (κ1) is 26.7. The largest absolute Gasteiger partial charge is 0.497 e. The first-order chi connectivity index (χ1) is 17.3. The molecule has 0 aliphatic carbocycles. The van der Waals surface area contributed by atoms with Gasteiger partial charge in [0.15, 0.2) is 0 Å². The number of pyridine rings is 1. The van der Waals surface area contributed by atoms with E-state index in [1.165, 1.54) is 13.3 Å². The zero-order valence-corrected chi connectivity index (χ0v) is 21.3. The minimum atomic E-state index is -0.725. The number of ketones is 1. The van der Waals surface area contributed by atoms with Gasteiger partial charge in [-0.2, -0.15) is 0 Å².